The van der Waals surface area contributed by atoms with Crippen LogP contribution in [0.4, 0.5) is 0 Å². The molecule has 2 unspecified atom stereocenters. The van der Waals surface area contributed by atoms with Gasteiger partial charge in [0, 0.05) is 35.0 Å². The van der Waals surface area contributed by atoms with Crippen LogP contribution in [0.25, 0.3) is 21.8 Å². The van der Waals surface area contributed by atoms with E-state index in [-0.39, 0.29) is 49.3 Å². The zero-order valence-corrected chi connectivity index (χ0v) is 20.5. The molecule has 0 radical (unpaired) electrons. The molecule has 31 heavy (non-hydrogen) atoms. The van der Waals surface area contributed by atoms with Crippen molar-refractivity contribution in [2.24, 2.45) is 11.5 Å². The summed E-state index contributed by atoms with van der Waals surface area (Å²) in [6.07, 6.45) is 3.82. The minimum atomic E-state index is 0. The van der Waals surface area contributed by atoms with Crippen LogP contribution in [0.3, 0.4) is 0 Å². The van der Waals surface area contributed by atoms with E-state index in [9.17, 15) is 0 Å². The van der Waals surface area contributed by atoms with Gasteiger partial charge in [-0.1, -0.05) is 0 Å². The van der Waals surface area contributed by atoms with Crippen LogP contribution in [0, 0.1) is 0 Å². The molecule has 1 heterocycles. The maximum Gasteiger partial charge on any atom is 0.121 e. The Bertz CT molecular complexity index is 852. The Morgan fingerprint density at radius 2 is 1.13 bits per heavy atom. The molecule has 0 amide bonds. The van der Waals surface area contributed by atoms with Gasteiger partial charge in [0.05, 0.1) is 24.2 Å². The summed E-state index contributed by atoms with van der Waals surface area (Å²) in [6, 6.07) is 14.7. The number of hydrogen-bond donors (Lipinski definition) is 2. The molecule has 0 saturated heterocycles. The number of rotatable bonds is 10. The highest BCUT2D eigenvalue weighted by Gasteiger charge is 2.05. The smallest absolute Gasteiger partial charge is 0.121 e. The van der Waals surface area contributed by atoms with E-state index in [1.807, 2.05) is 38.1 Å². The molecule has 174 valence electrons. The minimum Gasteiger partial charge on any atom is -0.494 e. The van der Waals surface area contributed by atoms with Crippen LogP contribution in [0.5, 0.6) is 11.5 Å². The van der Waals surface area contributed by atoms with Crippen molar-refractivity contribution in [3.05, 3.63) is 42.5 Å². The topological polar surface area (TPSA) is 83.4 Å². The lowest BCUT2D eigenvalue weighted by atomic mass is 10.1. The molecular weight excluding hydrogens is 457 g/mol. The first kappa shape index (κ1) is 29.5. The van der Waals surface area contributed by atoms with Crippen molar-refractivity contribution in [1.29, 1.82) is 0 Å². The van der Waals surface area contributed by atoms with E-state index in [0.717, 1.165) is 59.0 Å². The lowest BCUT2D eigenvalue weighted by Gasteiger charge is -2.10. The highest BCUT2D eigenvalue weighted by atomic mass is 35.5. The highest BCUT2D eigenvalue weighted by Crippen LogP contribution is 2.26. The number of nitrogens with zero attached hydrogens (tertiary/aromatic N) is 1. The standard InChI is InChI=1S/C23H31N3O2.3ClH/c1-16(24)5-3-11-27-20-9-7-18-13-19-8-10-21(28-12-4-6-17(2)25)15-23(19)26-22(18)14-20;;;/h7-10,13-17H,3-6,11-12,24-25H2,1-2H3;3*1H. The summed E-state index contributed by atoms with van der Waals surface area (Å²) in [5, 5.41) is 2.20. The number of nitrogens with two attached hydrogens (primary N) is 2. The third-order valence-electron chi connectivity index (χ3n) is 4.70. The number of ether oxygens (including phenoxy) is 2. The molecule has 3 aromatic rings. The Morgan fingerprint density at radius 3 is 1.52 bits per heavy atom. The Hall–Kier alpha value is -1.50. The lowest BCUT2D eigenvalue weighted by molar-refractivity contribution is 0.303. The number of benzene rings is 2. The van der Waals surface area contributed by atoms with Gasteiger partial charge in [-0.3, -0.25) is 0 Å². The molecule has 1 aromatic heterocycles. The Balaban J connectivity index is 0.00000300. The fourth-order valence-corrected chi connectivity index (χ4v) is 3.15. The van der Waals surface area contributed by atoms with Crippen molar-refractivity contribution >= 4 is 59.0 Å². The van der Waals surface area contributed by atoms with Crippen LogP contribution in [0.15, 0.2) is 42.5 Å². The summed E-state index contributed by atoms with van der Waals surface area (Å²) in [7, 11) is 0. The van der Waals surface area contributed by atoms with Crippen molar-refractivity contribution in [2.75, 3.05) is 13.2 Å². The van der Waals surface area contributed by atoms with Crippen LogP contribution in [-0.4, -0.2) is 30.3 Å². The normalized spacial score (nSPS) is 12.3. The maximum atomic E-state index is 5.85. The van der Waals surface area contributed by atoms with Crippen LogP contribution >= 0.6 is 37.2 Å². The third-order valence-corrected chi connectivity index (χ3v) is 4.70. The van der Waals surface area contributed by atoms with Crippen molar-refractivity contribution < 1.29 is 9.47 Å². The van der Waals surface area contributed by atoms with Gasteiger partial charge in [0.1, 0.15) is 11.5 Å². The van der Waals surface area contributed by atoms with Gasteiger partial charge >= 0.3 is 0 Å². The van der Waals surface area contributed by atoms with Crippen molar-refractivity contribution in [2.45, 2.75) is 51.6 Å². The number of aromatic nitrogens is 1. The molecular formula is C23H34Cl3N3O2. The molecule has 0 aliphatic rings. The molecule has 0 aliphatic carbocycles. The van der Waals surface area contributed by atoms with E-state index in [0.29, 0.717) is 13.2 Å². The van der Waals surface area contributed by atoms with Gasteiger partial charge in [-0.05, 0) is 69.9 Å². The monoisotopic (exact) mass is 489 g/mol. The quantitative estimate of drug-likeness (QED) is 0.283. The summed E-state index contributed by atoms with van der Waals surface area (Å²) in [5.41, 5.74) is 13.4. The minimum absolute atomic E-state index is 0. The van der Waals surface area contributed by atoms with Crippen molar-refractivity contribution in [1.82, 2.24) is 4.98 Å². The summed E-state index contributed by atoms with van der Waals surface area (Å²) >= 11 is 0. The van der Waals surface area contributed by atoms with Crippen molar-refractivity contribution in [3.8, 4) is 11.5 Å². The third kappa shape index (κ3) is 9.26. The molecule has 4 N–H and O–H groups in total. The van der Waals surface area contributed by atoms with Crippen LogP contribution < -0.4 is 20.9 Å². The second-order valence-electron chi connectivity index (χ2n) is 7.63. The maximum absolute atomic E-state index is 5.85. The van der Waals surface area contributed by atoms with E-state index in [1.54, 1.807) is 0 Å². The molecule has 0 aliphatic heterocycles. The Morgan fingerprint density at radius 1 is 0.710 bits per heavy atom. The first-order valence-electron chi connectivity index (χ1n) is 10.1. The number of fused-ring (bicyclic) bond motifs is 2. The fourth-order valence-electron chi connectivity index (χ4n) is 3.15. The van der Waals surface area contributed by atoms with Crippen LogP contribution in [-0.2, 0) is 0 Å². The summed E-state index contributed by atoms with van der Waals surface area (Å²) in [5.74, 6) is 1.68. The molecule has 3 rings (SSSR count). The molecule has 0 bridgehead atoms. The summed E-state index contributed by atoms with van der Waals surface area (Å²) in [6.45, 7) is 5.36. The van der Waals surface area contributed by atoms with Gasteiger partial charge in [-0.15, -0.1) is 37.2 Å². The molecule has 0 fully saturated rings. The van der Waals surface area contributed by atoms with Gasteiger partial charge in [0.25, 0.3) is 0 Å². The first-order valence-corrected chi connectivity index (χ1v) is 10.1. The molecule has 0 saturated carbocycles. The average molecular weight is 491 g/mol. The Labute approximate surface area is 203 Å². The van der Waals surface area contributed by atoms with E-state index in [4.69, 9.17) is 25.9 Å². The highest BCUT2D eigenvalue weighted by molar-refractivity contribution is 5.93. The van der Waals surface area contributed by atoms with Gasteiger partial charge in [0.2, 0.25) is 0 Å². The second-order valence-corrected chi connectivity index (χ2v) is 7.63. The summed E-state index contributed by atoms with van der Waals surface area (Å²) < 4.78 is 11.7. The van der Waals surface area contributed by atoms with Crippen LogP contribution in [0.1, 0.15) is 39.5 Å². The molecule has 5 nitrogen and oxygen atoms in total. The zero-order valence-electron chi connectivity index (χ0n) is 18.1. The average Bonchev–Trinajstić information content (AvgIpc) is 2.66. The van der Waals surface area contributed by atoms with Crippen LogP contribution in [0.2, 0.25) is 0 Å². The SMILES string of the molecule is CC(N)CCCOc1ccc2cc3ccc(OCCCC(C)N)cc3nc2c1.Cl.Cl.Cl. The zero-order chi connectivity index (χ0) is 19.9. The largest absolute Gasteiger partial charge is 0.494 e. The van der Waals surface area contributed by atoms with E-state index < -0.39 is 0 Å². The van der Waals surface area contributed by atoms with Gasteiger partial charge in [-0.2, -0.15) is 0 Å². The number of hydrogen-bond acceptors (Lipinski definition) is 5. The predicted octanol–water partition coefficient (Wildman–Crippen LogP) is 5.67. The molecule has 2 atom stereocenters. The molecule has 0 spiro atoms. The van der Waals surface area contributed by atoms with Gasteiger partial charge in [0.15, 0.2) is 0 Å². The van der Waals surface area contributed by atoms with E-state index in [2.05, 4.69) is 18.2 Å². The van der Waals surface area contributed by atoms with Gasteiger partial charge < -0.3 is 20.9 Å². The number of halogens is 3. The molecule has 2 aromatic carbocycles. The molecule has 8 heteroatoms. The van der Waals surface area contributed by atoms with Crippen molar-refractivity contribution in [3.63, 3.8) is 0 Å². The first-order chi connectivity index (χ1) is 13.5. The van der Waals surface area contributed by atoms with E-state index >= 15 is 0 Å². The van der Waals surface area contributed by atoms with Gasteiger partial charge in [-0.25, -0.2) is 4.98 Å². The Kier molecular flexibility index (Phi) is 13.8. The lowest BCUT2D eigenvalue weighted by Crippen LogP contribution is -2.15. The fraction of sp³-hybridized carbons (Fsp3) is 0.435. The second kappa shape index (κ2) is 14.5. The predicted molar refractivity (Wildman–Crippen MR) is 138 cm³/mol. The number of pyridine rings is 1. The summed E-state index contributed by atoms with van der Waals surface area (Å²) in [4.78, 5) is 4.81. The van der Waals surface area contributed by atoms with E-state index in [1.165, 1.54) is 0 Å².